The molecule has 3 nitrogen and oxygen atoms in total. The minimum atomic E-state index is -0.996. The highest BCUT2D eigenvalue weighted by Crippen LogP contribution is 2.31. The number of benzene rings is 1. The van der Waals surface area contributed by atoms with Crippen molar-refractivity contribution < 1.29 is 14.6 Å². The van der Waals surface area contributed by atoms with Gasteiger partial charge >= 0.3 is 5.97 Å². The zero-order valence-electron chi connectivity index (χ0n) is 10.1. The van der Waals surface area contributed by atoms with Gasteiger partial charge in [0.05, 0.1) is 17.0 Å². The lowest BCUT2D eigenvalue weighted by Crippen LogP contribution is -1.98. The first kappa shape index (κ1) is 13.6. The van der Waals surface area contributed by atoms with Crippen molar-refractivity contribution in [1.82, 2.24) is 0 Å². The molecule has 0 atom stereocenters. The van der Waals surface area contributed by atoms with Crippen molar-refractivity contribution in [3.8, 4) is 5.75 Å². The average Bonchev–Trinajstić information content (AvgIpc) is 2.82. The molecule has 0 radical (unpaired) electrons. The van der Waals surface area contributed by atoms with Gasteiger partial charge in [0.2, 0.25) is 0 Å². The maximum atomic E-state index is 11.4. The minimum Gasteiger partial charge on any atom is -0.496 e. The quantitative estimate of drug-likeness (QED) is 0.866. The normalized spacial score (nSPS) is 11.4. The van der Waals surface area contributed by atoms with Crippen LogP contribution in [0.1, 0.15) is 10.4 Å². The standard InChI is InChI=1S/C14H11ClO3S/c1-18-11-5-3-2-4-9(11)8-10(14(16)17)12-6-7-13(15)19-12/h2-8H,1H3,(H,16,17)/b10-8-. The third-order valence-electron chi connectivity index (χ3n) is 2.51. The van der Waals surface area contributed by atoms with E-state index in [0.717, 1.165) is 0 Å². The molecule has 98 valence electrons. The minimum absolute atomic E-state index is 0.196. The number of methoxy groups -OCH3 is 1. The van der Waals surface area contributed by atoms with Gasteiger partial charge in [0.1, 0.15) is 5.75 Å². The fourth-order valence-corrected chi connectivity index (χ4v) is 2.69. The van der Waals surface area contributed by atoms with Crippen LogP contribution in [0.25, 0.3) is 11.6 Å². The van der Waals surface area contributed by atoms with Gasteiger partial charge in [-0.1, -0.05) is 29.8 Å². The van der Waals surface area contributed by atoms with Gasteiger partial charge in [-0.15, -0.1) is 11.3 Å². The summed E-state index contributed by atoms with van der Waals surface area (Å²) in [5.74, 6) is -0.367. The van der Waals surface area contributed by atoms with Gasteiger partial charge in [-0.25, -0.2) is 4.79 Å². The van der Waals surface area contributed by atoms with E-state index in [1.165, 1.54) is 11.3 Å². The van der Waals surface area contributed by atoms with E-state index in [2.05, 4.69) is 0 Å². The van der Waals surface area contributed by atoms with Crippen LogP contribution in [0.15, 0.2) is 36.4 Å². The maximum absolute atomic E-state index is 11.4. The Labute approximate surface area is 119 Å². The summed E-state index contributed by atoms with van der Waals surface area (Å²) in [4.78, 5) is 12.0. The van der Waals surface area contributed by atoms with Gasteiger partial charge in [0, 0.05) is 10.4 Å². The monoisotopic (exact) mass is 294 g/mol. The number of ether oxygens (including phenoxy) is 1. The third-order valence-corrected chi connectivity index (χ3v) is 3.77. The second-order valence-electron chi connectivity index (χ2n) is 3.71. The van der Waals surface area contributed by atoms with Crippen LogP contribution in [-0.2, 0) is 4.79 Å². The molecular formula is C14H11ClO3S. The molecule has 5 heteroatoms. The van der Waals surface area contributed by atoms with E-state index in [1.807, 2.05) is 12.1 Å². The molecule has 0 saturated carbocycles. The highest BCUT2D eigenvalue weighted by molar-refractivity contribution is 7.17. The lowest BCUT2D eigenvalue weighted by molar-refractivity contribution is -0.130. The Morgan fingerprint density at radius 1 is 1.32 bits per heavy atom. The van der Waals surface area contributed by atoms with Crippen LogP contribution in [0.5, 0.6) is 5.75 Å². The first-order chi connectivity index (χ1) is 9.11. The van der Waals surface area contributed by atoms with Gasteiger partial charge in [-0.05, 0) is 24.3 Å². The van der Waals surface area contributed by atoms with Gasteiger partial charge < -0.3 is 9.84 Å². The predicted molar refractivity (Wildman–Crippen MR) is 77.8 cm³/mol. The van der Waals surface area contributed by atoms with Crippen molar-refractivity contribution in [2.24, 2.45) is 0 Å². The second kappa shape index (κ2) is 5.91. The van der Waals surface area contributed by atoms with Gasteiger partial charge in [-0.3, -0.25) is 0 Å². The van der Waals surface area contributed by atoms with E-state index < -0.39 is 5.97 Å². The van der Waals surface area contributed by atoms with Crippen LogP contribution in [0.4, 0.5) is 0 Å². The van der Waals surface area contributed by atoms with Crippen molar-refractivity contribution in [3.05, 3.63) is 51.2 Å². The Kier molecular flexibility index (Phi) is 4.24. The molecule has 0 aliphatic rings. The molecule has 0 unspecified atom stereocenters. The molecule has 0 saturated heterocycles. The number of thiophene rings is 1. The molecular weight excluding hydrogens is 284 g/mol. The van der Waals surface area contributed by atoms with Crippen LogP contribution in [0.2, 0.25) is 4.34 Å². The summed E-state index contributed by atoms with van der Waals surface area (Å²) < 4.78 is 5.76. The number of hydrogen-bond acceptors (Lipinski definition) is 3. The Bertz CT molecular complexity index is 631. The summed E-state index contributed by atoms with van der Waals surface area (Å²) >= 11 is 7.08. The molecule has 19 heavy (non-hydrogen) atoms. The van der Waals surface area contributed by atoms with E-state index in [9.17, 15) is 9.90 Å². The smallest absolute Gasteiger partial charge is 0.337 e. The molecule has 1 heterocycles. The highest BCUT2D eigenvalue weighted by Gasteiger charge is 2.14. The molecule has 0 spiro atoms. The zero-order chi connectivity index (χ0) is 13.8. The number of carboxylic acid groups (broad SMARTS) is 1. The number of halogens is 1. The van der Waals surface area contributed by atoms with E-state index in [4.69, 9.17) is 16.3 Å². The molecule has 0 aliphatic carbocycles. The maximum Gasteiger partial charge on any atom is 0.337 e. The van der Waals surface area contributed by atoms with E-state index in [1.54, 1.807) is 37.5 Å². The molecule has 2 aromatic rings. The first-order valence-corrected chi connectivity index (χ1v) is 6.65. The summed E-state index contributed by atoms with van der Waals surface area (Å²) in [5.41, 5.74) is 0.910. The molecule has 1 aromatic carbocycles. The second-order valence-corrected chi connectivity index (χ2v) is 5.42. The molecule has 0 amide bonds. The molecule has 0 aliphatic heterocycles. The molecule has 2 rings (SSSR count). The van der Waals surface area contributed by atoms with Crippen molar-refractivity contribution in [2.45, 2.75) is 0 Å². The summed E-state index contributed by atoms with van der Waals surface area (Å²) in [6.45, 7) is 0. The van der Waals surface area contributed by atoms with Crippen LogP contribution in [-0.4, -0.2) is 18.2 Å². The number of carboxylic acids is 1. The Morgan fingerprint density at radius 3 is 2.63 bits per heavy atom. The number of carbonyl (C=O) groups is 1. The number of para-hydroxylation sites is 1. The third kappa shape index (κ3) is 3.16. The van der Waals surface area contributed by atoms with Crippen molar-refractivity contribution in [3.63, 3.8) is 0 Å². The van der Waals surface area contributed by atoms with E-state index in [-0.39, 0.29) is 5.57 Å². The summed E-state index contributed by atoms with van der Waals surface area (Å²) in [6.07, 6.45) is 1.59. The fourth-order valence-electron chi connectivity index (χ4n) is 1.64. The van der Waals surface area contributed by atoms with E-state index >= 15 is 0 Å². The predicted octanol–water partition coefficient (Wildman–Crippen LogP) is 4.04. The number of aliphatic carboxylic acids is 1. The summed E-state index contributed by atoms with van der Waals surface area (Å²) in [7, 11) is 1.55. The molecule has 1 aromatic heterocycles. The first-order valence-electron chi connectivity index (χ1n) is 5.45. The number of rotatable bonds is 4. The largest absolute Gasteiger partial charge is 0.496 e. The fraction of sp³-hybridized carbons (Fsp3) is 0.0714. The Hall–Kier alpha value is -1.78. The summed E-state index contributed by atoms with van der Waals surface area (Å²) in [5, 5.41) is 9.32. The summed E-state index contributed by atoms with van der Waals surface area (Å²) in [6, 6.07) is 10.6. The van der Waals surface area contributed by atoms with Crippen LogP contribution in [0, 0.1) is 0 Å². The van der Waals surface area contributed by atoms with Gasteiger partial charge in [-0.2, -0.15) is 0 Å². The molecule has 1 N–H and O–H groups in total. The zero-order valence-corrected chi connectivity index (χ0v) is 11.7. The molecule has 0 fully saturated rings. The van der Waals surface area contributed by atoms with Crippen molar-refractivity contribution >= 4 is 40.6 Å². The van der Waals surface area contributed by atoms with Crippen LogP contribution < -0.4 is 4.74 Å². The lowest BCUT2D eigenvalue weighted by atomic mass is 10.1. The van der Waals surface area contributed by atoms with Crippen LogP contribution in [0.3, 0.4) is 0 Å². The Morgan fingerprint density at radius 2 is 2.05 bits per heavy atom. The van der Waals surface area contributed by atoms with Gasteiger partial charge in [0.15, 0.2) is 0 Å². The SMILES string of the molecule is COc1ccccc1/C=C(\C(=O)O)c1ccc(Cl)s1. The molecule has 0 bridgehead atoms. The topological polar surface area (TPSA) is 46.5 Å². The lowest BCUT2D eigenvalue weighted by Gasteiger charge is -2.05. The van der Waals surface area contributed by atoms with E-state index in [0.29, 0.717) is 20.5 Å². The number of hydrogen-bond donors (Lipinski definition) is 1. The van der Waals surface area contributed by atoms with Gasteiger partial charge in [0.25, 0.3) is 0 Å². The van der Waals surface area contributed by atoms with Crippen molar-refractivity contribution in [1.29, 1.82) is 0 Å². The Balaban J connectivity index is 2.50. The average molecular weight is 295 g/mol. The van der Waals surface area contributed by atoms with Crippen LogP contribution >= 0.6 is 22.9 Å². The highest BCUT2D eigenvalue weighted by atomic mass is 35.5. The van der Waals surface area contributed by atoms with Crippen molar-refractivity contribution in [2.75, 3.05) is 7.11 Å².